The van der Waals surface area contributed by atoms with Crippen molar-refractivity contribution in [2.24, 2.45) is 0 Å². The number of nitrogens with zero attached hydrogens (tertiary/aromatic N) is 2. The molecule has 0 N–H and O–H groups in total. The standard InChI is InChI=1S/C11H24N2O/c1-3-5-7-12(6-4-2)13-8-10-14-11-9-13/h3-11H2,1-2H3. The number of hydrogen-bond donors (Lipinski definition) is 0. The summed E-state index contributed by atoms with van der Waals surface area (Å²) in [5.41, 5.74) is 0. The van der Waals surface area contributed by atoms with Crippen LogP contribution >= 0.6 is 0 Å². The molecule has 3 heteroatoms. The number of unbranched alkanes of at least 4 members (excludes halogenated alkanes) is 1. The topological polar surface area (TPSA) is 15.7 Å². The van der Waals surface area contributed by atoms with E-state index < -0.39 is 0 Å². The fourth-order valence-corrected chi connectivity index (χ4v) is 1.83. The average Bonchev–Trinajstić information content (AvgIpc) is 2.25. The molecule has 0 bridgehead atoms. The summed E-state index contributed by atoms with van der Waals surface area (Å²) in [5.74, 6) is 0. The minimum absolute atomic E-state index is 0.895. The Morgan fingerprint density at radius 2 is 1.79 bits per heavy atom. The fraction of sp³-hybridized carbons (Fsp3) is 1.00. The predicted molar refractivity (Wildman–Crippen MR) is 59.2 cm³/mol. The second kappa shape index (κ2) is 7.21. The van der Waals surface area contributed by atoms with Gasteiger partial charge in [0.1, 0.15) is 0 Å². The van der Waals surface area contributed by atoms with Gasteiger partial charge in [-0.15, -0.1) is 0 Å². The molecule has 14 heavy (non-hydrogen) atoms. The van der Waals surface area contributed by atoms with Crippen LogP contribution in [-0.2, 0) is 4.74 Å². The number of ether oxygens (including phenoxy) is 1. The van der Waals surface area contributed by atoms with Gasteiger partial charge in [-0.1, -0.05) is 20.3 Å². The van der Waals surface area contributed by atoms with Crippen molar-refractivity contribution in [2.75, 3.05) is 39.4 Å². The van der Waals surface area contributed by atoms with E-state index in [-0.39, 0.29) is 0 Å². The van der Waals surface area contributed by atoms with Crippen LogP contribution in [0.3, 0.4) is 0 Å². The quantitative estimate of drug-likeness (QED) is 0.649. The normalized spacial score (nSPS) is 19.1. The van der Waals surface area contributed by atoms with E-state index in [0.717, 1.165) is 26.3 Å². The Morgan fingerprint density at radius 3 is 2.36 bits per heavy atom. The first-order valence-electron chi connectivity index (χ1n) is 5.96. The lowest BCUT2D eigenvalue weighted by Crippen LogP contribution is -2.49. The van der Waals surface area contributed by atoms with Gasteiger partial charge < -0.3 is 4.74 Å². The van der Waals surface area contributed by atoms with Crippen LogP contribution in [0.25, 0.3) is 0 Å². The van der Waals surface area contributed by atoms with E-state index in [9.17, 15) is 0 Å². The van der Waals surface area contributed by atoms with Gasteiger partial charge in [0, 0.05) is 26.2 Å². The predicted octanol–water partition coefficient (Wildman–Crippen LogP) is 1.75. The van der Waals surface area contributed by atoms with Crippen LogP contribution < -0.4 is 0 Å². The average molecular weight is 200 g/mol. The highest BCUT2D eigenvalue weighted by Crippen LogP contribution is 2.05. The first kappa shape index (κ1) is 12.0. The van der Waals surface area contributed by atoms with E-state index in [2.05, 4.69) is 23.9 Å². The van der Waals surface area contributed by atoms with Gasteiger partial charge in [-0.2, -0.15) is 0 Å². The zero-order chi connectivity index (χ0) is 10.2. The van der Waals surface area contributed by atoms with Crippen LogP contribution in [0.4, 0.5) is 0 Å². The molecule has 0 saturated carbocycles. The maximum Gasteiger partial charge on any atom is 0.0608 e. The van der Waals surface area contributed by atoms with E-state index in [1.165, 1.54) is 32.4 Å². The molecule has 1 heterocycles. The van der Waals surface area contributed by atoms with E-state index in [4.69, 9.17) is 4.74 Å². The molecule has 0 amide bonds. The smallest absolute Gasteiger partial charge is 0.0608 e. The summed E-state index contributed by atoms with van der Waals surface area (Å²) >= 11 is 0. The molecule has 1 rings (SSSR count). The van der Waals surface area contributed by atoms with Gasteiger partial charge in [-0.05, 0) is 12.8 Å². The van der Waals surface area contributed by atoms with Crippen molar-refractivity contribution in [1.82, 2.24) is 10.0 Å². The number of hydrazine groups is 1. The van der Waals surface area contributed by atoms with Gasteiger partial charge in [0.2, 0.25) is 0 Å². The van der Waals surface area contributed by atoms with Crippen LogP contribution in [-0.4, -0.2) is 49.4 Å². The molecule has 0 spiro atoms. The van der Waals surface area contributed by atoms with Crippen molar-refractivity contribution in [1.29, 1.82) is 0 Å². The van der Waals surface area contributed by atoms with Crippen LogP contribution in [0.1, 0.15) is 33.1 Å². The molecule has 0 radical (unpaired) electrons. The maximum absolute atomic E-state index is 5.36. The zero-order valence-corrected chi connectivity index (χ0v) is 9.67. The third-order valence-corrected chi connectivity index (χ3v) is 2.64. The minimum atomic E-state index is 0.895. The number of morpholine rings is 1. The first-order chi connectivity index (χ1) is 6.88. The van der Waals surface area contributed by atoms with Crippen molar-refractivity contribution >= 4 is 0 Å². The first-order valence-corrected chi connectivity index (χ1v) is 5.96. The van der Waals surface area contributed by atoms with Crippen molar-refractivity contribution in [3.63, 3.8) is 0 Å². The van der Waals surface area contributed by atoms with Gasteiger partial charge in [0.05, 0.1) is 13.2 Å². The molecule has 1 aliphatic heterocycles. The molecule has 0 atom stereocenters. The Kier molecular flexibility index (Phi) is 6.15. The highest BCUT2D eigenvalue weighted by Gasteiger charge is 2.16. The molecule has 0 aromatic heterocycles. The monoisotopic (exact) mass is 200 g/mol. The van der Waals surface area contributed by atoms with Gasteiger partial charge in [-0.3, -0.25) is 0 Å². The van der Waals surface area contributed by atoms with Gasteiger partial charge in [0.25, 0.3) is 0 Å². The highest BCUT2D eigenvalue weighted by molar-refractivity contribution is 4.61. The summed E-state index contributed by atoms with van der Waals surface area (Å²) in [6, 6.07) is 0. The summed E-state index contributed by atoms with van der Waals surface area (Å²) in [6.07, 6.45) is 3.82. The zero-order valence-electron chi connectivity index (χ0n) is 9.67. The third kappa shape index (κ3) is 3.95. The van der Waals surface area contributed by atoms with Crippen LogP contribution in [0.5, 0.6) is 0 Å². The molecule has 0 unspecified atom stereocenters. The Labute approximate surface area is 88.0 Å². The van der Waals surface area contributed by atoms with Gasteiger partial charge >= 0.3 is 0 Å². The van der Waals surface area contributed by atoms with Crippen molar-refractivity contribution in [2.45, 2.75) is 33.1 Å². The van der Waals surface area contributed by atoms with Crippen molar-refractivity contribution in [3.8, 4) is 0 Å². The van der Waals surface area contributed by atoms with E-state index in [0.29, 0.717) is 0 Å². The van der Waals surface area contributed by atoms with Crippen LogP contribution in [0.15, 0.2) is 0 Å². The number of rotatable bonds is 6. The Balaban J connectivity index is 2.30. The lowest BCUT2D eigenvalue weighted by Gasteiger charge is -2.37. The Morgan fingerprint density at radius 1 is 1.07 bits per heavy atom. The molecule has 1 fully saturated rings. The SMILES string of the molecule is CCCCN(CCC)N1CCOCC1. The molecular weight excluding hydrogens is 176 g/mol. The summed E-state index contributed by atoms with van der Waals surface area (Å²) < 4.78 is 5.36. The molecule has 0 aromatic rings. The molecule has 0 aliphatic carbocycles. The molecule has 3 nitrogen and oxygen atoms in total. The van der Waals surface area contributed by atoms with Gasteiger partial charge in [-0.25, -0.2) is 10.0 Å². The molecule has 0 aromatic carbocycles. The lowest BCUT2D eigenvalue weighted by atomic mass is 10.3. The third-order valence-electron chi connectivity index (χ3n) is 2.64. The Hall–Kier alpha value is -0.120. The second-order valence-electron chi connectivity index (χ2n) is 3.87. The van der Waals surface area contributed by atoms with Crippen molar-refractivity contribution < 1.29 is 4.74 Å². The van der Waals surface area contributed by atoms with Gasteiger partial charge in [0.15, 0.2) is 0 Å². The molecule has 1 aliphatic rings. The van der Waals surface area contributed by atoms with Crippen LogP contribution in [0, 0.1) is 0 Å². The fourth-order valence-electron chi connectivity index (χ4n) is 1.83. The van der Waals surface area contributed by atoms with E-state index in [1.54, 1.807) is 0 Å². The molecule has 84 valence electrons. The molecule has 1 saturated heterocycles. The largest absolute Gasteiger partial charge is 0.379 e. The lowest BCUT2D eigenvalue weighted by molar-refractivity contribution is -0.0904. The second-order valence-corrected chi connectivity index (χ2v) is 3.87. The van der Waals surface area contributed by atoms with Crippen molar-refractivity contribution in [3.05, 3.63) is 0 Å². The summed E-state index contributed by atoms with van der Waals surface area (Å²) in [5, 5.41) is 4.97. The number of hydrogen-bond acceptors (Lipinski definition) is 3. The molecular formula is C11H24N2O. The Bertz CT molecular complexity index is 135. The minimum Gasteiger partial charge on any atom is -0.379 e. The summed E-state index contributed by atoms with van der Waals surface area (Å²) in [6.45, 7) is 10.8. The van der Waals surface area contributed by atoms with E-state index >= 15 is 0 Å². The van der Waals surface area contributed by atoms with Crippen LogP contribution in [0.2, 0.25) is 0 Å². The maximum atomic E-state index is 5.36. The van der Waals surface area contributed by atoms with E-state index in [1.807, 2.05) is 0 Å². The summed E-state index contributed by atoms with van der Waals surface area (Å²) in [4.78, 5) is 0. The summed E-state index contributed by atoms with van der Waals surface area (Å²) in [7, 11) is 0. The highest BCUT2D eigenvalue weighted by atomic mass is 16.5.